The van der Waals surface area contributed by atoms with Crippen molar-refractivity contribution < 1.29 is 5.11 Å². The van der Waals surface area contributed by atoms with Crippen LogP contribution in [-0.4, -0.2) is 15.1 Å². The van der Waals surface area contributed by atoms with E-state index >= 15 is 0 Å². The first-order chi connectivity index (χ1) is 12.2. The van der Waals surface area contributed by atoms with E-state index in [0.29, 0.717) is 16.7 Å². The third-order valence-electron chi connectivity index (χ3n) is 4.22. The lowest BCUT2D eigenvalue weighted by atomic mass is 10.0. The quantitative estimate of drug-likeness (QED) is 0.602. The first kappa shape index (κ1) is 15.3. The van der Waals surface area contributed by atoms with Gasteiger partial charge in [0.05, 0.1) is 17.5 Å². The molecule has 122 valence electrons. The zero-order valence-corrected chi connectivity index (χ0v) is 13.4. The SMILES string of the molecule is O=c1[nH]c(-c2cccc(-c3ccc(CO)cc3)c2)nc2ccccc12. The monoisotopic (exact) mass is 328 g/mol. The number of aromatic amines is 1. The Morgan fingerprint density at radius 1 is 0.840 bits per heavy atom. The van der Waals surface area contributed by atoms with Crippen LogP contribution < -0.4 is 5.56 Å². The van der Waals surface area contributed by atoms with Crippen LogP contribution in [0, 0.1) is 0 Å². The van der Waals surface area contributed by atoms with Crippen LogP contribution in [0.1, 0.15) is 5.56 Å². The predicted octanol–water partition coefficient (Wildman–Crippen LogP) is 3.75. The highest BCUT2D eigenvalue weighted by Crippen LogP contribution is 2.25. The molecular weight excluding hydrogens is 312 g/mol. The second-order valence-corrected chi connectivity index (χ2v) is 5.87. The molecule has 1 heterocycles. The molecule has 0 spiro atoms. The molecule has 4 rings (SSSR count). The molecule has 0 aliphatic heterocycles. The number of para-hydroxylation sites is 1. The molecule has 4 nitrogen and oxygen atoms in total. The molecule has 0 radical (unpaired) electrons. The van der Waals surface area contributed by atoms with E-state index in [4.69, 9.17) is 5.11 Å². The van der Waals surface area contributed by atoms with Crippen molar-refractivity contribution in [3.63, 3.8) is 0 Å². The van der Waals surface area contributed by atoms with Gasteiger partial charge < -0.3 is 10.1 Å². The van der Waals surface area contributed by atoms with Crippen molar-refractivity contribution in [2.75, 3.05) is 0 Å². The van der Waals surface area contributed by atoms with Gasteiger partial charge in [-0.25, -0.2) is 4.98 Å². The molecule has 0 aliphatic carbocycles. The molecule has 4 heteroatoms. The van der Waals surface area contributed by atoms with Crippen molar-refractivity contribution in [3.8, 4) is 22.5 Å². The molecule has 0 unspecified atom stereocenters. The summed E-state index contributed by atoms with van der Waals surface area (Å²) in [5, 5.41) is 9.75. The Hall–Kier alpha value is -3.24. The molecule has 0 aliphatic rings. The average molecular weight is 328 g/mol. The fourth-order valence-corrected chi connectivity index (χ4v) is 2.87. The van der Waals surface area contributed by atoms with Gasteiger partial charge in [-0.2, -0.15) is 0 Å². The minimum absolute atomic E-state index is 0.0303. The number of aliphatic hydroxyl groups excluding tert-OH is 1. The second kappa shape index (κ2) is 6.34. The van der Waals surface area contributed by atoms with E-state index < -0.39 is 0 Å². The fourth-order valence-electron chi connectivity index (χ4n) is 2.87. The number of fused-ring (bicyclic) bond motifs is 1. The summed E-state index contributed by atoms with van der Waals surface area (Å²) < 4.78 is 0. The topological polar surface area (TPSA) is 66.0 Å². The van der Waals surface area contributed by atoms with E-state index in [9.17, 15) is 4.79 Å². The van der Waals surface area contributed by atoms with E-state index in [2.05, 4.69) is 9.97 Å². The minimum atomic E-state index is -0.140. The van der Waals surface area contributed by atoms with Gasteiger partial charge in [0.25, 0.3) is 5.56 Å². The number of benzene rings is 3. The average Bonchev–Trinajstić information content (AvgIpc) is 2.68. The molecule has 3 aromatic carbocycles. The lowest BCUT2D eigenvalue weighted by Crippen LogP contribution is -2.09. The Balaban J connectivity index is 1.80. The number of nitrogens with zero attached hydrogens (tertiary/aromatic N) is 1. The van der Waals surface area contributed by atoms with Crippen LogP contribution in [0.4, 0.5) is 0 Å². The van der Waals surface area contributed by atoms with Crippen molar-refractivity contribution in [3.05, 3.63) is 88.7 Å². The maximum Gasteiger partial charge on any atom is 0.259 e. The number of H-pyrrole nitrogens is 1. The summed E-state index contributed by atoms with van der Waals surface area (Å²) in [4.78, 5) is 19.7. The largest absolute Gasteiger partial charge is 0.392 e. The van der Waals surface area contributed by atoms with Gasteiger partial charge in [0.1, 0.15) is 5.82 Å². The maximum absolute atomic E-state index is 12.3. The van der Waals surface area contributed by atoms with Crippen molar-refractivity contribution in [2.24, 2.45) is 0 Å². The van der Waals surface area contributed by atoms with E-state index in [-0.39, 0.29) is 12.2 Å². The van der Waals surface area contributed by atoms with Gasteiger partial charge in [-0.15, -0.1) is 0 Å². The van der Waals surface area contributed by atoms with E-state index in [1.165, 1.54) is 0 Å². The lowest BCUT2D eigenvalue weighted by Gasteiger charge is -2.07. The van der Waals surface area contributed by atoms with Gasteiger partial charge in [-0.1, -0.05) is 54.6 Å². The van der Waals surface area contributed by atoms with Crippen molar-refractivity contribution in [2.45, 2.75) is 6.61 Å². The Kier molecular flexibility index (Phi) is 3.88. The van der Waals surface area contributed by atoms with E-state index in [1.807, 2.05) is 66.7 Å². The number of hydrogen-bond donors (Lipinski definition) is 2. The van der Waals surface area contributed by atoms with Gasteiger partial charge >= 0.3 is 0 Å². The van der Waals surface area contributed by atoms with Gasteiger partial charge in [0.15, 0.2) is 0 Å². The molecule has 4 aromatic rings. The lowest BCUT2D eigenvalue weighted by molar-refractivity contribution is 0.282. The molecule has 2 N–H and O–H groups in total. The summed E-state index contributed by atoms with van der Waals surface area (Å²) in [5.41, 5.74) is 4.34. The van der Waals surface area contributed by atoms with Crippen molar-refractivity contribution in [1.82, 2.24) is 9.97 Å². The molecule has 1 aromatic heterocycles. The van der Waals surface area contributed by atoms with Crippen molar-refractivity contribution in [1.29, 1.82) is 0 Å². The summed E-state index contributed by atoms with van der Waals surface area (Å²) in [6.45, 7) is 0.0303. The summed E-state index contributed by atoms with van der Waals surface area (Å²) in [5.74, 6) is 0.553. The molecule has 25 heavy (non-hydrogen) atoms. The highest BCUT2D eigenvalue weighted by molar-refractivity contribution is 5.80. The molecule has 0 amide bonds. The first-order valence-electron chi connectivity index (χ1n) is 8.04. The predicted molar refractivity (Wildman–Crippen MR) is 99.2 cm³/mol. The number of rotatable bonds is 3. The number of aliphatic hydroxyl groups is 1. The normalized spacial score (nSPS) is 10.9. The van der Waals surface area contributed by atoms with Crippen LogP contribution in [0.2, 0.25) is 0 Å². The maximum atomic E-state index is 12.3. The van der Waals surface area contributed by atoms with Crippen LogP contribution in [0.3, 0.4) is 0 Å². The van der Waals surface area contributed by atoms with Crippen LogP contribution in [0.25, 0.3) is 33.4 Å². The number of aromatic nitrogens is 2. The molecular formula is C21H16N2O2. The zero-order valence-electron chi connectivity index (χ0n) is 13.4. The third-order valence-corrected chi connectivity index (χ3v) is 4.22. The second-order valence-electron chi connectivity index (χ2n) is 5.87. The van der Waals surface area contributed by atoms with Gasteiger partial charge in [0.2, 0.25) is 0 Å². The molecule has 0 saturated carbocycles. The van der Waals surface area contributed by atoms with Crippen molar-refractivity contribution >= 4 is 10.9 Å². The fraction of sp³-hybridized carbons (Fsp3) is 0.0476. The smallest absolute Gasteiger partial charge is 0.259 e. The summed E-state index contributed by atoms with van der Waals surface area (Å²) in [7, 11) is 0. The number of nitrogens with one attached hydrogen (secondary N) is 1. The Morgan fingerprint density at radius 3 is 2.40 bits per heavy atom. The van der Waals surface area contributed by atoms with Crippen LogP contribution in [-0.2, 0) is 6.61 Å². The highest BCUT2D eigenvalue weighted by Gasteiger charge is 2.07. The van der Waals surface area contributed by atoms with Gasteiger partial charge in [-0.3, -0.25) is 4.79 Å². The Bertz CT molecular complexity index is 1100. The number of hydrogen-bond acceptors (Lipinski definition) is 3. The molecule has 0 atom stereocenters. The Labute approximate surface area is 144 Å². The van der Waals surface area contributed by atoms with Crippen LogP contribution >= 0.6 is 0 Å². The first-order valence-corrected chi connectivity index (χ1v) is 8.04. The Morgan fingerprint density at radius 2 is 1.60 bits per heavy atom. The van der Waals surface area contributed by atoms with Gasteiger partial charge in [-0.05, 0) is 34.9 Å². The highest BCUT2D eigenvalue weighted by atomic mass is 16.3. The third kappa shape index (κ3) is 2.95. The molecule has 0 bridgehead atoms. The van der Waals surface area contributed by atoms with E-state index in [1.54, 1.807) is 6.07 Å². The van der Waals surface area contributed by atoms with E-state index in [0.717, 1.165) is 22.3 Å². The van der Waals surface area contributed by atoms with Crippen LogP contribution in [0.5, 0.6) is 0 Å². The summed E-state index contributed by atoms with van der Waals surface area (Å²) >= 11 is 0. The zero-order chi connectivity index (χ0) is 17.2. The molecule has 0 saturated heterocycles. The summed E-state index contributed by atoms with van der Waals surface area (Å²) in [6.07, 6.45) is 0. The standard InChI is InChI=1S/C21H16N2O2/c24-13-14-8-10-15(11-9-14)16-4-3-5-17(12-16)20-22-19-7-2-1-6-18(19)21(25)23-20/h1-12,24H,13H2,(H,22,23,25). The van der Waals surface area contributed by atoms with Gasteiger partial charge in [0, 0.05) is 5.56 Å². The van der Waals surface area contributed by atoms with Crippen LogP contribution in [0.15, 0.2) is 77.6 Å². The minimum Gasteiger partial charge on any atom is -0.392 e. The summed E-state index contributed by atoms with van der Waals surface area (Å²) in [6, 6.07) is 22.9. The molecule has 0 fully saturated rings.